The Kier molecular flexibility index (Phi) is 7.80. The van der Waals surface area contributed by atoms with Gasteiger partial charge in [0.25, 0.3) is 0 Å². The van der Waals surface area contributed by atoms with Crippen LogP contribution >= 0.6 is 0 Å². The molecule has 9 rings (SSSR count). The van der Waals surface area contributed by atoms with E-state index in [0.717, 1.165) is 84.1 Å². The molecule has 8 aromatic rings. The monoisotopic (exact) mass is 653 g/mol. The third kappa shape index (κ3) is 6.00. The minimum absolute atomic E-state index is 0.651. The van der Waals surface area contributed by atoms with E-state index in [0.29, 0.717) is 5.82 Å². The van der Waals surface area contributed by atoms with Crippen molar-refractivity contribution in [1.82, 2.24) is 15.0 Å². The van der Waals surface area contributed by atoms with Gasteiger partial charge in [-0.2, -0.15) is 0 Å². The van der Waals surface area contributed by atoms with Crippen LogP contribution in [0, 0.1) is 0 Å². The van der Waals surface area contributed by atoms with Crippen LogP contribution in [0.15, 0.2) is 176 Å². The zero-order valence-corrected chi connectivity index (χ0v) is 27.6. The molecule has 2 aromatic heterocycles. The Morgan fingerprint density at radius 3 is 1.63 bits per heavy atom. The van der Waals surface area contributed by atoms with Crippen LogP contribution in [0.25, 0.3) is 79.4 Å². The molecule has 0 aliphatic carbocycles. The smallest absolute Gasteiger partial charge is 0.160 e. The Morgan fingerprint density at radius 2 is 0.922 bits per heavy atom. The van der Waals surface area contributed by atoms with E-state index in [2.05, 4.69) is 132 Å². The van der Waals surface area contributed by atoms with Gasteiger partial charge in [0.15, 0.2) is 5.82 Å². The highest BCUT2D eigenvalue weighted by molar-refractivity contribution is 5.90. The maximum atomic E-state index is 6.77. The van der Waals surface area contributed by atoms with Gasteiger partial charge >= 0.3 is 0 Å². The SMILES string of the molecule is C1=Cc2ccc(-c3nc(-c4ccccc4)cc(-c4ccc(-c5cccnc5)cc4)n3)cc2-c2ccccc2Oc2ccccc2-c2ccccc21. The summed E-state index contributed by atoms with van der Waals surface area (Å²) in [5, 5.41) is 0. The molecule has 0 bridgehead atoms. The highest BCUT2D eigenvalue weighted by atomic mass is 16.5. The van der Waals surface area contributed by atoms with E-state index in [9.17, 15) is 0 Å². The average Bonchev–Trinajstić information content (AvgIpc) is 3.23. The second-order valence-electron chi connectivity index (χ2n) is 12.5. The Labute approximate surface area is 297 Å². The molecule has 0 unspecified atom stereocenters. The summed E-state index contributed by atoms with van der Waals surface area (Å²) in [6.07, 6.45) is 8.06. The molecule has 0 amide bonds. The highest BCUT2D eigenvalue weighted by Gasteiger charge is 2.18. The van der Waals surface area contributed by atoms with E-state index in [-0.39, 0.29) is 0 Å². The second kappa shape index (κ2) is 13.2. The molecule has 3 heterocycles. The van der Waals surface area contributed by atoms with Gasteiger partial charge < -0.3 is 4.74 Å². The van der Waals surface area contributed by atoms with E-state index >= 15 is 0 Å². The molecule has 1 aliphatic heterocycles. The van der Waals surface area contributed by atoms with Crippen LogP contribution in [0.3, 0.4) is 0 Å². The molecular formula is C47H31N3O. The molecule has 240 valence electrons. The summed E-state index contributed by atoms with van der Waals surface area (Å²) in [5.41, 5.74) is 13.2. The first-order valence-electron chi connectivity index (χ1n) is 17.0. The summed E-state index contributed by atoms with van der Waals surface area (Å²) < 4.78 is 6.77. The molecule has 0 saturated heterocycles. The zero-order chi connectivity index (χ0) is 34.0. The fourth-order valence-corrected chi connectivity index (χ4v) is 6.66. The third-order valence-corrected chi connectivity index (χ3v) is 9.26. The summed E-state index contributed by atoms with van der Waals surface area (Å²) in [5.74, 6) is 2.24. The molecule has 51 heavy (non-hydrogen) atoms. The lowest BCUT2D eigenvalue weighted by Crippen LogP contribution is -1.97. The van der Waals surface area contributed by atoms with Crippen LogP contribution in [-0.2, 0) is 0 Å². The first-order valence-corrected chi connectivity index (χ1v) is 17.0. The van der Waals surface area contributed by atoms with Crippen LogP contribution in [0.4, 0.5) is 0 Å². The Hall–Kier alpha value is -6.91. The summed E-state index contributed by atoms with van der Waals surface area (Å²) in [6, 6.07) is 56.2. The van der Waals surface area contributed by atoms with Crippen molar-refractivity contribution in [2.45, 2.75) is 0 Å². The topological polar surface area (TPSA) is 47.9 Å². The average molecular weight is 654 g/mol. The summed E-state index contributed by atoms with van der Waals surface area (Å²) >= 11 is 0. The first-order chi connectivity index (χ1) is 25.3. The fourth-order valence-electron chi connectivity index (χ4n) is 6.66. The largest absolute Gasteiger partial charge is 0.456 e. The van der Waals surface area contributed by atoms with Crippen LogP contribution < -0.4 is 4.74 Å². The number of hydrogen-bond donors (Lipinski definition) is 0. The number of benzene rings is 6. The number of para-hydroxylation sites is 2. The quantitative estimate of drug-likeness (QED) is 0.190. The van der Waals surface area contributed by atoms with E-state index in [1.54, 1.807) is 6.20 Å². The Morgan fingerprint density at radius 1 is 0.373 bits per heavy atom. The van der Waals surface area contributed by atoms with Crippen molar-refractivity contribution < 1.29 is 4.74 Å². The molecule has 0 N–H and O–H groups in total. The van der Waals surface area contributed by atoms with Crippen molar-refractivity contribution in [2.24, 2.45) is 0 Å². The van der Waals surface area contributed by atoms with E-state index in [4.69, 9.17) is 14.7 Å². The Bertz CT molecular complexity index is 2540. The number of pyridine rings is 1. The lowest BCUT2D eigenvalue weighted by atomic mass is 9.94. The molecule has 0 radical (unpaired) electrons. The van der Waals surface area contributed by atoms with Gasteiger partial charge in [-0.05, 0) is 63.7 Å². The highest BCUT2D eigenvalue weighted by Crippen LogP contribution is 2.42. The molecule has 0 fully saturated rings. The lowest BCUT2D eigenvalue weighted by molar-refractivity contribution is 0.486. The van der Waals surface area contributed by atoms with Crippen molar-refractivity contribution in [2.75, 3.05) is 0 Å². The van der Waals surface area contributed by atoms with Gasteiger partial charge in [0.1, 0.15) is 11.5 Å². The van der Waals surface area contributed by atoms with Crippen molar-refractivity contribution in [3.05, 3.63) is 187 Å². The molecule has 6 aromatic carbocycles. The van der Waals surface area contributed by atoms with Gasteiger partial charge in [0, 0.05) is 40.2 Å². The van der Waals surface area contributed by atoms with Gasteiger partial charge in [-0.1, -0.05) is 146 Å². The molecule has 4 heteroatoms. The van der Waals surface area contributed by atoms with Crippen molar-refractivity contribution in [3.8, 4) is 78.8 Å². The summed E-state index contributed by atoms with van der Waals surface area (Å²) in [7, 11) is 0. The zero-order valence-electron chi connectivity index (χ0n) is 27.6. The second-order valence-corrected chi connectivity index (χ2v) is 12.5. The molecule has 0 saturated carbocycles. The molecule has 1 aliphatic rings. The summed E-state index contributed by atoms with van der Waals surface area (Å²) in [4.78, 5) is 14.6. The minimum Gasteiger partial charge on any atom is -0.456 e. The maximum absolute atomic E-state index is 6.77. The van der Waals surface area contributed by atoms with Crippen LogP contribution in [0.1, 0.15) is 11.1 Å². The van der Waals surface area contributed by atoms with Gasteiger partial charge in [-0.25, -0.2) is 9.97 Å². The number of rotatable bonds is 4. The predicted octanol–water partition coefficient (Wildman–Crippen LogP) is 12.1. The number of hydrogen-bond acceptors (Lipinski definition) is 4. The summed E-state index contributed by atoms with van der Waals surface area (Å²) in [6.45, 7) is 0. The van der Waals surface area contributed by atoms with E-state index in [1.165, 1.54) is 0 Å². The number of fused-ring (bicyclic) bond motifs is 6. The number of nitrogens with zero attached hydrogens (tertiary/aromatic N) is 3. The molecule has 0 atom stereocenters. The predicted molar refractivity (Wildman–Crippen MR) is 208 cm³/mol. The first kappa shape index (κ1) is 30.2. The minimum atomic E-state index is 0.651. The van der Waals surface area contributed by atoms with Crippen LogP contribution in [0.5, 0.6) is 11.5 Å². The van der Waals surface area contributed by atoms with Gasteiger partial charge in [0.05, 0.1) is 11.4 Å². The van der Waals surface area contributed by atoms with E-state index in [1.807, 2.05) is 54.7 Å². The standard InChI is InChI=1S/C47H31N3O/c1-2-12-35(13-3-1)43-30-44(36-25-20-32(21-26-36)38-14-10-28-48-31-38)50-47(49-43)37-27-24-34-23-22-33-11-4-5-15-39(33)40-16-6-8-18-45(40)51-46-19-9-7-17-41(46)42(34)29-37/h1-31H. The van der Waals surface area contributed by atoms with Crippen molar-refractivity contribution >= 4 is 12.2 Å². The van der Waals surface area contributed by atoms with Crippen molar-refractivity contribution in [1.29, 1.82) is 0 Å². The molecule has 0 spiro atoms. The Balaban J connectivity index is 1.21. The van der Waals surface area contributed by atoms with Crippen molar-refractivity contribution in [3.63, 3.8) is 0 Å². The molecule has 4 nitrogen and oxygen atoms in total. The molecular weight excluding hydrogens is 623 g/mol. The van der Waals surface area contributed by atoms with Crippen LogP contribution in [-0.4, -0.2) is 15.0 Å². The lowest BCUT2D eigenvalue weighted by Gasteiger charge is -2.16. The van der Waals surface area contributed by atoms with E-state index < -0.39 is 0 Å². The van der Waals surface area contributed by atoms with Gasteiger partial charge in [-0.15, -0.1) is 0 Å². The van der Waals surface area contributed by atoms with Gasteiger partial charge in [0.2, 0.25) is 0 Å². The van der Waals surface area contributed by atoms with Gasteiger partial charge in [-0.3, -0.25) is 4.98 Å². The maximum Gasteiger partial charge on any atom is 0.160 e. The normalized spacial score (nSPS) is 11.6. The van der Waals surface area contributed by atoms with Crippen LogP contribution in [0.2, 0.25) is 0 Å². The third-order valence-electron chi connectivity index (χ3n) is 9.26. The number of aromatic nitrogens is 3. The number of ether oxygens (including phenoxy) is 1. The fraction of sp³-hybridized carbons (Fsp3) is 0.